The molecule has 0 rings (SSSR count). The summed E-state index contributed by atoms with van der Waals surface area (Å²) in [7, 11) is 0. The van der Waals surface area contributed by atoms with E-state index in [9.17, 15) is 4.79 Å². The summed E-state index contributed by atoms with van der Waals surface area (Å²) in [5, 5.41) is 8.47. The van der Waals surface area contributed by atoms with Crippen LogP contribution in [0, 0.1) is 12.3 Å². The molecule has 1 N–H and O–H groups in total. The molecule has 0 heterocycles. The highest BCUT2D eigenvalue weighted by Gasteiger charge is 1.95. The fraction of sp³-hybridized carbons (Fsp3) is 0.688. The highest BCUT2D eigenvalue weighted by molar-refractivity contribution is 5.66. The van der Waals surface area contributed by atoms with Gasteiger partial charge in [-0.05, 0) is 38.5 Å². The predicted octanol–water partition coefficient (Wildman–Crippen LogP) is 4.55. The van der Waals surface area contributed by atoms with E-state index in [0.717, 1.165) is 44.9 Å². The van der Waals surface area contributed by atoms with Gasteiger partial charge >= 0.3 is 5.97 Å². The maximum Gasteiger partial charge on any atom is 0.303 e. The van der Waals surface area contributed by atoms with Gasteiger partial charge in [0.25, 0.3) is 0 Å². The second-order valence-corrected chi connectivity index (χ2v) is 4.62. The highest BCUT2D eigenvalue weighted by Crippen LogP contribution is 2.08. The lowest BCUT2D eigenvalue weighted by Gasteiger charge is -1.98. The van der Waals surface area contributed by atoms with Crippen LogP contribution in [-0.2, 0) is 4.79 Å². The van der Waals surface area contributed by atoms with E-state index in [2.05, 4.69) is 18.1 Å². The smallest absolute Gasteiger partial charge is 0.303 e. The third-order valence-corrected chi connectivity index (χ3v) is 2.87. The molecule has 0 aromatic carbocycles. The van der Waals surface area contributed by atoms with Crippen molar-refractivity contribution in [3.63, 3.8) is 0 Å². The number of unbranched alkanes of at least 4 members (excludes halogenated alkanes) is 8. The molecule has 0 amide bonds. The molecule has 0 aromatic heterocycles. The summed E-state index contributed by atoms with van der Waals surface area (Å²) in [6.07, 6.45) is 20.9. The molecule has 0 radical (unpaired) electrons. The van der Waals surface area contributed by atoms with Crippen molar-refractivity contribution in [3.05, 3.63) is 12.2 Å². The molecule has 0 spiro atoms. The minimum Gasteiger partial charge on any atom is -0.481 e. The first-order valence-corrected chi connectivity index (χ1v) is 7.07. The number of carbonyl (C=O) groups is 1. The van der Waals surface area contributed by atoms with Crippen LogP contribution >= 0.6 is 0 Å². The number of carboxylic acids is 1. The molecule has 0 aliphatic carbocycles. The first-order chi connectivity index (χ1) is 8.77. The summed E-state index contributed by atoms with van der Waals surface area (Å²) in [6, 6.07) is 0. The third kappa shape index (κ3) is 14.8. The van der Waals surface area contributed by atoms with Crippen LogP contribution in [0.3, 0.4) is 0 Å². The monoisotopic (exact) mass is 250 g/mol. The molecule has 0 fully saturated rings. The number of hydrogen-bond acceptors (Lipinski definition) is 1. The molecule has 0 unspecified atom stereocenters. The van der Waals surface area contributed by atoms with Crippen molar-refractivity contribution in [2.24, 2.45) is 0 Å². The van der Waals surface area contributed by atoms with Crippen molar-refractivity contribution in [2.75, 3.05) is 0 Å². The maximum atomic E-state index is 10.3. The van der Waals surface area contributed by atoms with Crippen LogP contribution in [0.15, 0.2) is 12.2 Å². The summed E-state index contributed by atoms with van der Waals surface area (Å²) in [5.41, 5.74) is 0. The molecule has 0 saturated carbocycles. The minimum absolute atomic E-state index is 0.317. The first kappa shape index (κ1) is 16.8. The second-order valence-electron chi connectivity index (χ2n) is 4.62. The fourth-order valence-corrected chi connectivity index (χ4v) is 1.79. The zero-order valence-electron chi connectivity index (χ0n) is 11.4. The summed E-state index contributed by atoms with van der Waals surface area (Å²) in [6.45, 7) is 0. The van der Waals surface area contributed by atoms with Gasteiger partial charge in [-0.2, -0.15) is 0 Å². The Bertz CT molecular complexity index is 261. The van der Waals surface area contributed by atoms with E-state index < -0.39 is 5.97 Å². The fourth-order valence-electron chi connectivity index (χ4n) is 1.79. The van der Waals surface area contributed by atoms with Crippen molar-refractivity contribution in [1.29, 1.82) is 0 Å². The quantitative estimate of drug-likeness (QED) is 0.313. The van der Waals surface area contributed by atoms with Gasteiger partial charge in [0.2, 0.25) is 0 Å². The number of allylic oxidation sites excluding steroid dienone is 2. The van der Waals surface area contributed by atoms with Gasteiger partial charge in [0.1, 0.15) is 0 Å². The van der Waals surface area contributed by atoms with E-state index in [-0.39, 0.29) is 0 Å². The van der Waals surface area contributed by atoms with Crippen LogP contribution < -0.4 is 0 Å². The number of terminal acetylenes is 1. The molecule has 0 bridgehead atoms. The van der Waals surface area contributed by atoms with E-state index in [4.69, 9.17) is 11.5 Å². The van der Waals surface area contributed by atoms with Crippen LogP contribution in [0.1, 0.15) is 70.6 Å². The van der Waals surface area contributed by atoms with Crippen molar-refractivity contribution < 1.29 is 9.90 Å². The zero-order chi connectivity index (χ0) is 13.5. The molecule has 0 aromatic rings. The van der Waals surface area contributed by atoms with Gasteiger partial charge in [0.15, 0.2) is 0 Å². The summed E-state index contributed by atoms with van der Waals surface area (Å²) in [5.74, 6) is 1.97. The number of hydrogen-bond donors (Lipinski definition) is 1. The van der Waals surface area contributed by atoms with Crippen molar-refractivity contribution in [2.45, 2.75) is 70.6 Å². The second kappa shape index (κ2) is 13.8. The Hall–Kier alpha value is -1.23. The lowest BCUT2D eigenvalue weighted by atomic mass is 10.1. The van der Waals surface area contributed by atoms with E-state index in [1.807, 2.05) is 0 Å². The summed E-state index contributed by atoms with van der Waals surface area (Å²) >= 11 is 0. The average Bonchev–Trinajstić information content (AvgIpc) is 2.34. The molecule has 2 nitrogen and oxygen atoms in total. The SMILES string of the molecule is C#CCCCCC=CCCCCCCCC(=O)O. The Morgan fingerprint density at radius 3 is 2.11 bits per heavy atom. The highest BCUT2D eigenvalue weighted by atomic mass is 16.4. The van der Waals surface area contributed by atoms with Gasteiger partial charge in [0, 0.05) is 12.8 Å². The number of rotatable bonds is 12. The van der Waals surface area contributed by atoms with Gasteiger partial charge in [-0.3, -0.25) is 4.79 Å². The normalized spacial score (nSPS) is 10.6. The Morgan fingerprint density at radius 2 is 1.50 bits per heavy atom. The average molecular weight is 250 g/mol. The molecule has 102 valence electrons. The lowest BCUT2D eigenvalue weighted by molar-refractivity contribution is -0.137. The van der Waals surface area contributed by atoms with E-state index in [0.29, 0.717) is 6.42 Å². The first-order valence-electron chi connectivity index (χ1n) is 7.07. The largest absolute Gasteiger partial charge is 0.481 e. The van der Waals surface area contributed by atoms with Crippen LogP contribution in [0.5, 0.6) is 0 Å². The van der Waals surface area contributed by atoms with Crippen molar-refractivity contribution >= 4 is 5.97 Å². The van der Waals surface area contributed by atoms with Gasteiger partial charge in [-0.25, -0.2) is 0 Å². The minimum atomic E-state index is -0.678. The third-order valence-electron chi connectivity index (χ3n) is 2.87. The van der Waals surface area contributed by atoms with Gasteiger partial charge in [0.05, 0.1) is 0 Å². The Kier molecular flexibility index (Phi) is 12.9. The molecular weight excluding hydrogens is 224 g/mol. The lowest BCUT2D eigenvalue weighted by Crippen LogP contribution is -1.93. The van der Waals surface area contributed by atoms with Crippen LogP contribution in [0.25, 0.3) is 0 Å². The molecule has 0 aliphatic rings. The number of aliphatic carboxylic acids is 1. The predicted molar refractivity (Wildman–Crippen MR) is 76.4 cm³/mol. The van der Waals surface area contributed by atoms with Gasteiger partial charge in [-0.1, -0.05) is 31.4 Å². The summed E-state index contributed by atoms with van der Waals surface area (Å²) in [4.78, 5) is 10.3. The van der Waals surface area contributed by atoms with Crippen LogP contribution in [0.2, 0.25) is 0 Å². The Labute approximate surface area is 111 Å². The van der Waals surface area contributed by atoms with Crippen LogP contribution in [-0.4, -0.2) is 11.1 Å². The maximum absolute atomic E-state index is 10.3. The Morgan fingerprint density at radius 1 is 0.944 bits per heavy atom. The van der Waals surface area contributed by atoms with Crippen LogP contribution in [0.4, 0.5) is 0 Å². The van der Waals surface area contributed by atoms with E-state index in [1.54, 1.807) is 0 Å². The standard InChI is InChI=1S/C16H26O2/c1-2-3-4-5-6-7-8-9-10-11-12-13-14-15-16(17)18/h1,7-8H,3-6,9-15H2,(H,17,18). The topological polar surface area (TPSA) is 37.3 Å². The Balaban J connectivity index is 3.08. The van der Waals surface area contributed by atoms with Gasteiger partial charge < -0.3 is 5.11 Å². The van der Waals surface area contributed by atoms with Crippen molar-refractivity contribution in [3.8, 4) is 12.3 Å². The van der Waals surface area contributed by atoms with Crippen molar-refractivity contribution in [1.82, 2.24) is 0 Å². The van der Waals surface area contributed by atoms with E-state index in [1.165, 1.54) is 19.3 Å². The van der Waals surface area contributed by atoms with E-state index >= 15 is 0 Å². The summed E-state index contributed by atoms with van der Waals surface area (Å²) < 4.78 is 0. The molecule has 2 heteroatoms. The zero-order valence-corrected chi connectivity index (χ0v) is 11.4. The van der Waals surface area contributed by atoms with Gasteiger partial charge in [-0.15, -0.1) is 12.3 Å². The number of carboxylic acid groups (broad SMARTS) is 1. The molecular formula is C16H26O2. The molecule has 0 aliphatic heterocycles. The molecule has 0 atom stereocenters. The molecule has 18 heavy (non-hydrogen) atoms. The molecule has 0 saturated heterocycles.